The van der Waals surface area contributed by atoms with Gasteiger partial charge in [-0.05, 0) is 68.3 Å². The lowest BCUT2D eigenvalue weighted by atomic mass is 10.1. The Morgan fingerprint density at radius 3 is 1.42 bits per heavy atom. The molecule has 6 heteroatoms. The molecule has 0 radical (unpaired) electrons. The highest BCUT2D eigenvalue weighted by atomic mass is 28.3. The standard InChI is InChI=1S/C59H39N5Si/c60-40-41-34-35-57-52(36-41)51-30-12-15-33-56(51)64(57)59-61-53(39-58(62-59)63-54-31-13-10-28-49(54)50-29-11-14-32-55(50)63)44-21-17-27-48(38-44)65(45-22-6-2-7-23-45,46-24-8-3-9-25-46)47-26-16-20-43(37-47)42-18-4-1-5-19-42/h1-39H. The van der Waals surface area contributed by atoms with E-state index in [1.807, 2.05) is 30.3 Å². The van der Waals surface area contributed by atoms with Crippen molar-refractivity contribution in [2.75, 3.05) is 0 Å². The Morgan fingerprint density at radius 1 is 0.354 bits per heavy atom. The summed E-state index contributed by atoms with van der Waals surface area (Å²) in [6, 6.07) is 86.9. The summed E-state index contributed by atoms with van der Waals surface area (Å²) in [6.45, 7) is 0. The molecule has 0 amide bonds. The maximum atomic E-state index is 9.95. The van der Waals surface area contributed by atoms with Gasteiger partial charge in [-0.2, -0.15) is 10.2 Å². The molecule has 0 spiro atoms. The largest absolute Gasteiger partial charge is 0.294 e. The molecule has 9 aromatic carbocycles. The van der Waals surface area contributed by atoms with Gasteiger partial charge < -0.3 is 0 Å². The summed E-state index contributed by atoms with van der Waals surface area (Å²) >= 11 is 0. The fraction of sp³-hybridized carbons (Fsp3) is 0. The second-order valence-electron chi connectivity index (χ2n) is 16.5. The summed E-state index contributed by atoms with van der Waals surface area (Å²) in [4.78, 5) is 11.0. The number of benzene rings is 9. The van der Waals surface area contributed by atoms with Crippen LogP contribution in [0.3, 0.4) is 0 Å². The Kier molecular flexibility index (Phi) is 9.15. The molecule has 0 aliphatic heterocycles. The number of aromatic nitrogens is 4. The fourth-order valence-corrected chi connectivity index (χ4v) is 14.9. The van der Waals surface area contributed by atoms with Crippen molar-refractivity contribution in [3.05, 3.63) is 242 Å². The summed E-state index contributed by atoms with van der Waals surface area (Å²) < 4.78 is 4.42. The molecule has 0 saturated carbocycles. The first kappa shape index (κ1) is 38.1. The van der Waals surface area contributed by atoms with Crippen LogP contribution in [0.5, 0.6) is 0 Å². The van der Waals surface area contributed by atoms with Crippen LogP contribution in [0.2, 0.25) is 0 Å². The molecule has 0 aliphatic carbocycles. The van der Waals surface area contributed by atoms with E-state index < -0.39 is 8.07 Å². The van der Waals surface area contributed by atoms with E-state index in [2.05, 4.69) is 221 Å². The van der Waals surface area contributed by atoms with E-state index in [0.717, 1.165) is 60.7 Å². The molecule has 0 atom stereocenters. The molecule has 0 bridgehead atoms. The third-order valence-electron chi connectivity index (χ3n) is 12.9. The van der Waals surface area contributed by atoms with Gasteiger partial charge in [-0.1, -0.05) is 194 Å². The van der Waals surface area contributed by atoms with Crippen molar-refractivity contribution in [1.29, 1.82) is 5.26 Å². The molecule has 0 aliphatic rings. The van der Waals surface area contributed by atoms with Gasteiger partial charge in [-0.3, -0.25) is 9.13 Å². The molecule has 3 heterocycles. The lowest BCUT2D eigenvalue weighted by Crippen LogP contribution is -2.74. The Labute approximate surface area is 377 Å². The zero-order valence-corrected chi connectivity index (χ0v) is 36.3. The van der Waals surface area contributed by atoms with Crippen LogP contribution in [-0.4, -0.2) is 27.2 Å². The molecule has 3 aromatic heterocycles. The summed E-state index contributed by atoms with van der Waals surface area (Å²) in [5.41, 5.74) is 8.81. The molecule has 65 heavy (non-hydrogen) atoms. The Balaban J connectivity index is 1.15. The van der Waals surface area contributed by atoms with E-state index in [1.165, 1.54) is 31.9 Å². The minimum Gasteiger partial charge on any atom is -0.294 e. The number of hydrogen-bond donors (Lipinski definition) is 0. The van der Waals surface area contributed by atoms with Gasteiger partial charge in [0.05, 0.1) is 39.4 Å². The molecule has 5 nitrogen and oxygen atoms in total. The van der Waals surface area contributed by atoms with Crippen molar-refractivity contribution >= 4 is 72.4 Å². The Hall–Kier alpha value is -8.63. The van der Waals surface area contributed by atoms with Crippen molar-refractivity contribution in [1.82, 2.24) is 19.1 Å². The van der Waals surface area contributed by atoms with Gasteiger partial charge in [-0.25, -0.2) is 4.98 Å². The highest BCUT2D eigenvalue weighted by molar-refractivity contribution is 7.20. The molecule has 0 unspecified atom stereocenters. The first-order valence-electron chi connectivity index (χ1n) is 21.9. The molecule has 12 rings (SSSR count). The number of nitrogens with zero attached hydrogens (tertiary/aromatic N) is 5. The lowest BCUT2D eigenvalue weighted by Gasteiger charge is -2.35. The van der Waals surface area contributed by atoms with Crippen LogP contribution < -0.4 is 20.7 Å². The first-order chi connectivity index (χ1) is 32.2. The van der Waals surface area contributed by atoms with E-state index in [1.54, 1.807) is 0 Å². The lowest BCUT2D eigenvalue weighted by molar-refractivity contribution is 0.952. The van der Waals surface area contributed by atoms with Crippen LogP contribution in [-0.2, 0) is 0 Å². The SMILES string of the molecule is N#Cc1ccc2c(c1)c1ccccc1n2-c1nc(-c2cccc([Si](c3ccccc3)(c3ccccc3)c3cccc(-c4ccccc4)c3)c2)cc(-n2c3ccccc3c3ccccc32)n1. The van der Waals surface area contributed by atoms with Gasteiger partial charge in [0.15, 0.2) is 8.07 Å². The average Bonchev–Trinajstić information content (AvgIpc) is 3.90. The van der Waals surface area contributed by atoms with Crippen molar-refractivity contribution in [2.45, 2.75) is 0 Å². The average molecular weight is 846 g/mol. The number of fused-ring (bicyclic) bond motifs is 6. The predicted molar refractivity (Wildman–Crippen MR) is 270 cm³/mol. The third kappa shape index (κ3) is 6.21. The zero-order chi connectivity index (χ0) is 43.3. The molecule has 0 fully saturated rings. The van der Waals surface area contributed by atoms with Gasteiger partial charge >= 0.3 is 0 Å². The van der Waals surface area contributed by atoms with Crippen LogP contribution >= 0.6 is 0 Å². The van der Waals surface area contributed by atoms with Crippen LogP contribution in [0, 0.1) is 11.3 Å². The van der Waals surface area contributed by atoms with Crippen molar-refractivity contribution < 1.29 is 0 Å². The maximum Gasteiger partial charge on any atom is 0.237 e. The van der Waals surface area contributed by atoms with Crippen LogP contribution in [0.15, 0.2) is 237 Å². The molecule has 304 valence electrons. The van der Waals surface area contributed by atoms with E-state index >= 15 is 0 Å². The maximum absolute atomic E-state index is 9.95. The van der Waals surface area contributed by atoms with Crippen molar-refractivity contribution in [3.63, 3.8) is 0 Å². The highest BCUT2D eigenvalue weighted by Gasteiger charge is 2.42. The molecular formula is C59H39N5Si. The summed E-state index contributed by atoms with van der Waals surface area (Å²) in [5.74, 6) is 1.31. The van der Waals surface area contributed by atoms with Gasteiger partial charge in [0.2, 0.25) is 5.95 Å². The highest BCUT2D eigenvalue weighted by Crippen LogP contribution is 2.36. The quantitative estimate of drug-likeness (QED) is 0.113. The van der Waals surface area contributed by atoms with Gasteiger partial charge in [0, 0.05) is 33.2 Å². The number of hydrogen-bond acceptors (Lipinski definition) is 3. The van der Waals surface area contributed by atoms with E-state index in [4.69, 9.17) is 9.97 Å². The Morgan fingerprint density at radius 2 is 0.815 bits per heavy atom. The smallest absolute Gasteiger partial charge is 0.237 e. The zero-order valence-electron chi connectivity index (χ0n) is 35.3. The van der Waals surface area contributed by atoms with Gasteiger partial charge in [0.1, 0.15) is 5.82 Å². The third-order valence-corrected chi connectivity index (χ3v) is 17.7. The minimum atomic E-state index is -3.00. The van der Waals surface area contributed by atoms with Crippen molar-refractivity contribution in [2.24, 2.45) is 0 Å². The minimum absolute atomic E-state index is 0.547. The van der Waals surface area contributed by atoms with E-state index in [-0.39, 0.29) is 0 Å². The molecule has 0 saturated heterocycles. The molecular weight excluding hydrogens is 807 g/mol. The normalized spacial score (nSPS) is 11.7. The number of para-hydroxylation sites is 3. The second kappa shape index (κ2) is 15.6. The molecule has 12 aromatic rings. The van der Waals surface area contributed by atoms with Crippen LogP contribution in [0.25, 0.3) is 77.8 Å². The summed E-state index contributed by atoms with van der Waals surface area (Å²) in [7, 11) is -3.00. The summed E-state index contributed by atoms with van der Waals surface area (Å²) in [6.07, 6.45) is 0. The van der Waals surface area contributed by atoms with Crippen LogP contribution in [0.4, 0.5) is 0 Å². The fourth-order valence-electron chi connectivity index (χ4n) is 10.1. The second-order valence-corrected chi connectivity index (χ2v) is 20.3. The van der Waals surface area contributed by atoms with E-state index in [0.29, 0.717) is 11.5 Å². The Bertz CT molecular complexity index is 3700. The first-order valence-corrected chi connectivity index (χ1v) is 23.9. The number of nitriles is 1. The van der Waals surface area contributed by atoms with Gasteiger partial charge in [-0.15, -0.1) is 0 Å². The summed E-state index contributed by atoms with van der Waals surface area (Å²) in [5, 5.41) is 19.4. The molecule has 0 N–H and O–H groups in total. The predicted octanol–water partition coefficient (Wildman–Crippen LogP) is 11.3. The van der Waals surface area contributed by atoms with Gasteiger partial charge in [0.25, 0.3) is 0 Å². The van der Waals surface area contributed by atoms with Crippen molar-refractivity contribution in [3.8, 4) is 40.2 Å². The topological polar surface area (TPSA) is 59.4 Å². The van der Waals surface area contributed by atoms with Crippen LogP contribution in [0.1, 0.15) is 5.56 Å². The van der Waals surface area contributed by atoms with E-state index in [9.17, 15) is 5.26 Å². The monoisotopic (exact) mass is 845 g/mol. The number of rotatable bonds is 8.